The molecule has 4 nitrogen and oxygen atoms in total. The number of nitrogens with one attached hydrogen (secondary N) is 1. The van der Waals surface area contributed by atoms with Crippen molar-refractivity contribution in [3.05, 3.63) is 60.1 Å². The van der Waals surface area contributed by atoms with Crippen molar-refractivity contribution in [2.45, 2.75) is 38.6 Å². The summed E-state index contributed by atoms with van der Waals surface area (Å²) >= 11 is 0. The predicted molar refractivity (Wildman–Crippen MR) is 99.2 cm³/mol. The first-order valence-electron chi connectivity index (χ1n) is 9.30. The van der Waals surface area contributed by atoms with Crippen molar-refractivity contribution in [1.29, 1.82) is 0 Å². The smallest absolute Gasteiger partial charge is 0.220 e. The van der Waals surface area contributed by atoms with E-state index in [1.165, 1.54) is 18.4 Å². The van der Waals surface area contributed by atoms with Crippen LogP contribution in [0, 0.1) is 5.92 Å². The molecule has 1 atom stereocenters. The third-order valence-corrected chi connectivity index (χ3v) is 5.11. The van der Waals surface area contributed by atoms with Gasteiger partial charge in [-0.15, -0.1) is 0 Å². The van der Waals surface area contributed by atoms with Gasteiger partial charge in [0.05, 0.1) is 12.3 Å². The summed E-state index contributed by atoms with van der Waals surface area (Å²) in [5.41, 5.74) is 1.20. The lowest BCUT2D eigenvalue weighted by atomic mass is 9.97. The van der Waals surface area contributed by atoms with E-state index in [0.29, 0.717) is 13.0 Å². The largest absolute Gasteiger partial charge is 0.468 e. The second-order valence-electron chi connectivity index (χ2n) is 7.04. The highest BCUT2D eigenvalue weighted by Crippen LogP contribution is 2.26. The fourth-order valence-corrected chi connectivity index (χ4v) is 3.43. The molecular formula is C21H28N2O2. The number of carbonyl (C=O) groups is 1. The molecule has 25 heavy (non-hydrogen) atoms. The predicted octanol–water partition coefficient (Wildman–Crippen LogP) is 3.80. The average molecular weight is 340 g/mol. The molecule has 1 N–H and O–H groups in total. The quantitative estimate of drug-likeness (QED) is 0.834. The normalized spacial score (nSPS) is 17.3. The van der Waals surface area contributed by atoms with Gasteiger partial charge in [-0.2, -0.15) is 0 Å². The first-order valence-corrected chi connectivity index (χ1v) is 9.30. The Hall–Kier alpha value is -2.07. The van der Waals surface area contributed by atoms with E-state index in [1.54, 1.807) is 6.26 Å². The maximum Gasteiger partial charge on any atom is 0.220 e. The van der Waals surface area contributed by atoms with E-state index in [9.17, 15) is 4.79 Å². The summed E-state index contributed by atoms with van der Waals surface area (Å²) in [5.74, 6) is 1.83. The number of hydrogen-bond donors (Lipinski definition) is 1. The molecule has 4 heteroatoms. The van der Waals surface area contributed by atoms with Gasteiger partial charge in [0.25, 0.3) is 0 Å². The first kappa shape index (κ1) is 17.7. The number of carbonyl (C=O) groups excluding carboxylic acids is 1. The Kier molecular flexibility index (Phi) is 6.29. The lowest BCUT2D eigenvalue weighted by molar-refractivity contribution is -0.121. The van der Waals surface area contributed by atoms with E-state index in [2.05, 4.69) is 29.3 Å². The number of likely N-dealkylation sites (tertiary alicyclic amines) is 1. The van der Waals surface area contributed by atoms with Gasteiger partial charge in [0.1, 0.15) is 5.76 Å². The minimum atomic E-state index is 0.103. The number of aryl methyl sites for hydroxylation is 1. The number of nitrogens with zero attached hydrogens (tertiary/aromatic N) is 1. The molecule has 1 saturated heterocycles. The Labute approximate surface area is 150 Å². The van der Waals surface area contributed by atoms with Crippen molar-refractivity contribution in [1.82, 2.24) is 10.2 Å². The summed E-state index contributed by atoms with van der Waals surface area (Å²) in [6, 6.07) is 14.2. The minimum absolute atomic E-state index is 0.103. The Morgan fingerprint density at radius 1 is 1.20 bits per heavy atom. The van der Waals surface area contributed by atoms with Crippen molar-refractivity contribution in [2.24, 2.45) is 5.92 Å². The average Bonchev–Trinajstić information content (AvgIpc) is 3.17. The third kappa shape index (κ3) is 5.20. The highest BCUT2D eigenvalue weighted by Gasteiger charge is 2.26. The van der Waals surface area contributed by atoms with Crippen molar-refractivity contribution in [2.75, 3.05) is 19.6 Å². The lowest BCUT2D eigenvalue weighted by Crippen LogP contribution is -2.41. The van der Waals surface area contributed by atoms with Crippen LogP contribution in [0.1, 0.15) is 43.6 Å². The molecule has 1 fully saturated rings. The first-order chi connectivity index (χ1) is 12.2. The van der Waals surface area contributed by atoms with Gasteiger partial charge >= 0.3 is 0 Å². The molecule has 0 spiro atoms. The monoisotopic (exact) mass is 340 g/mol. The molecule has 0 aliphatic carbocycles. The van der Waals surface area contributed by atoms with E-state index in [4.69, 9.17) is 4.42 Å². The molecular weight excluding hydrogens is 312 g/mol. The molecule has 1 amide bonds. The number of furan rings is 1. The summed E-state index contributed by atoms with van der Waals surface area (Å²) in [6.45, 7) is 5.04. The Morgan fingerprint density at radius 2 is 1.96 bits per heavy atom. The topological polar surface area (TPSA) is 45.5 Å². The van der Waals surface area contributed by atoms with E-state index < -0.39 is 0 Å². The van der Waals surface area contributed by atoms with Crippen molar-refractivity contribution in [3.63, 3.8) is 0 Å². The molecule has 1 unspecified atom stereocenters. The van der Waals surface area contributed by atoms with Crippen LogP contribution in [0.25, 0.3) is 0 Å². The van der Waals surface area contributed by atoms with Crippen LogP contribution in [-0.2, 0) is 11.2 Å². The molecule has 0 bridgehead atoms. The van der Waals surface area contributed by atoms with Crippen LogP contribution < -0.4 is 5.32 Å². The number of amides is 1. The molecule has 1 aromatic heterocycles. The van der Waals surface area contributed by atoms with Gasteiger partial charge in [-0.1, -0.05) is 37.3 Å². The zero-order valence-corrected chi connectivity index (χ0v) is 15.0. The second-order valence-corrected chi connectivity index (χ2v) is 7.04. The standard InChI is InChI=1S/C21H28N2O2/c1-17-11-13-23(14-12-17)19(20-8-5-15-25-20)16-22-21(24)10-9-18-6-3-2-4-7-18/h2-8,15,17,19H,9-14,16H2,1H3,(H,22,24). The molecule has 1 aliphatic heterocycles. The second kappa shape index (κ2) is 8.86. The molecule has 2 aromatic rings. The number of benzene rings is 1. The molecule has 134 valence electrons. The highest BCUT2D eigenvalue weighted by molar-refractivity contribution is 5.76. The van der Waals surface area contributed by atoms with Crippen LogP contribution >= 0.6 is 0 Å². The zero-order chi connectivity index (χ0) is 17.5. The van der Waals surface area contributed by atoms with Crippen LogP contribution in [0.3, 0.4) is 0 Å². The Balaban J connectivity index is 1.52. The number of piperidine rings is 1. The highest BCUT2D eigenvalue weighted by atomic mass is 16.3. The fraction of sp³-hybridized carbons (Fsp3) is 0.476. The summed E-state index contributed by atoms with van der Waals surface area (Å²) < 4.78 is 5.64. The minimum Gasteiger partial charge on any atom is -0.468 e. The zero-order valence-electron chi connectivity index (χ0n) is 15.0. The van der Waals surface area contributed by atoms with E-state index in [0.717, 1.165) is 31.2 Å². The molecule has 0 radical (unpaired) electrons. The Morgan fingerprint density at radius 3 is 2.64 bits per heavy atom. The molecule has 3 rings (SSSR count). The van der Waals surface area contributed by atoms with Gasteiger partial charge in [0.15, 0.2) is 0 Å². The maximum absolute atomic E-state index is 12.3. The van der Waals surface area contributed by atoms with Crippen LogP contribution in [0.2, 0.25) is 0 Å². The molecule has 1 aliphatic rings. The molecule has 0 saturated carbocycles. The van der Waals surface area contributed by atoms with Gasteiger partial charge < -0.3 is 9.73 Å². The summed E-state index contributed by atoms with van der Waals surface area (Å²) in [5, 5.41) is 3.11. The summed E-state index contributed by atoms with van der Waals surface area (Å²) in [6.07, 6.45) is 5.43. The van der Waals surface area contributed by atoms with Gasteiger partial charge in [0.2, 0.25) is 5.91 Å². The molecule has 1 aromatic carbocycles. The van der Waals surface area contributed by atoms with E-state index in [-0.39, 0.29) is 11.9 Å². The van der Waals surface area contributed by atoms with Gasteiger partial charge in [-0.25, -0.2) is 0 Å². The van der Waals surface area contributed by atoms with Crippen LogP contribution in [0.4, 0.5) is 0 Å². The van der Waals surface area contributed by atoms with E-state index >= 15 is 0 Å². The maximum atomic E-state index is 12.3. The summed E-state index contributed by atoms with van der Waals surface area (Å²) in [7, 11) is 0. The van der Waals surface area contributed by atoms with Crippen LogP contribution in [-0.4, -0.2) is 30.4 Å². The Bertz CT molecular complexity index is 631. The van der Waals surface area contributed by atoms with Gasteiger partial charge in [-0.3, -0.25) is 9.69 Å². The summed E-state index contributed by atoms with van der Waals surface area (Å²) in [4.78, 5) is 14.7. The molecule has 2 heterocycles. The van der Waals surface area contributed by atoms with Gasteiger partial charge in [-0.05, 0) is 56.0 Å². The van der Waals surface area contributed by atoms with Crippen molar-refractivity contribution >= 4 is 5.91 Å². The van der Waals surface area contributed by atoms with Gasteiger partial charge in [0, 0.05) is 13.0 Å². The lowest BCUT2D eigenvalue weighted by Gasteiger charge is -2.35. The third-order valence-electron chi connectivity index (χ3n) is 5.11. The van der Waals surface area contributed by atoms with Crippen molar-refractivity contribution < 1.29 is 9.21 Å². The SMILES string of the molecule is CC1CCN(C(CNC(=O)CCc2ccccc2)c2ccco2)CC1. The van der Waals surface area contributed by atoms with Crippen LogP contribution in [0.15, 0.2) is 53.1 Å². The van der Waals surface area contributed by atoms with Crippen molar-refractivity contribution in [3.8, 4) is 0 Å². The fourth-order valence-electron chi connectivity index (χ4n) is 3.43. The number of hydrogen-bond acceptors (Lipinski definition) is 3. The van der Waals surface area contributed by atoms with Crippen LogP contribution in [0.5, 0.6) is 0 Å². The number of rotatable bonds is 7. The van der Waals surface area contributed by atoms with E-state index in [1.807, 2.05) is 30.3 Å².